The number of aliphatic hydroxyl groups excluding tert-OH is 2. The number of carbonyl (C=O) groups excluding carboxylic acids is 2. The molecule has 0 heterocycles. The molecule has 11 heteroatoms. The molecular formula is C52H93O10P. The fraction of sp³-hybridized carbons (Fsp3) is 0.769. The van der Waals surface area contributed by atoms with Gasteiger partial charge in [0.25, 0.3) is 0 Å². The molecule has 0 aromatic heterocycles. The minimum atomic E-state index is -4.65. The van der Waals surface area contributed by atoms with Crippen molar-refractivity contribution in [1.82, 2.24) is 0 Å². The lowest BCUT2D eigenvalue weighted by Gasteiger charge is -2.20. The summed E-state index contributed by atoms with van der Waals surface area (Å²) in [6.07, 6.45) is 54.8. The zero-order valence-electron chi connectivity index (χ0n) is 40.0. The Morgan fingerprint density at radius 1 is 0.444 bits per heavy atom. The van der Waals surface area contributed by atoms with Gasteiger partial charge in [0, 0.05) is 12.8 Å². The molecule has 0 aliphatic carbocycles. The van der Waals surface area contributed by atoms with E-state index in [4.69, 9.17) is 18.5 Å². The van der Waals surface area contributed by atoms with Crippen LogP contribution in [-0.2, 0) is 32.7 Å². The van der Waals surface area contributed by atoms with Crippen molar-refractivity contribution in [3.8, 4) is 0 Å². The molecule has 3 unspecified atom stereocenters. The molecule has 0 spiro atoms. The number of esters is 2. The lowest BCUT2D eigenvalue weighted by molar-refractivity contribution is -0.153. The summed E-state index contributed by atoms with van der Waals surface area (Å²) < 4.78 is 32.7. The Labute approximate surface area is 385 Å². The van der Waals surface area contributed by atoms with Crippen LogP contribution >= 0.6 is 7.82 Å². The number of ether oxygens (including phenoxy) is 2. The number of phosphoric acid groups is 1. The summed E-state index contributed by atoms with van der Waals surface area (Å²) >= 11 is 0. The van der Waals surface area contributed by atoms with E-state index < -0.39 is 58.4 Å². The molecule has 10 nitrogen and oxygen atoms in total. The van der Waals surface area contributed by atoms with Crippen LogP contribution in [0.4, 0.5) is 0 Å². The summed E-state index contributed by atoms with van der Waals surface area (Å²) in [5.41, 5.74) is 0. The van der Waals surface area contributed by atoms with Crippen molar-refractivity contribution in [3.05, 3.63) is 60.8 Å². The molecule has 0 aliphatic rings. The van der Waals surface area contributed by atoms with Crippen molar-refractivity contribution < 1.29 is 47.8 Å². The van der Waals surface area contributed by atoms with E-state index in [9.17, 15) is 29.3 Å². The maximum Gasteiger partial charge on any atom is 0.472 e. The third kappa shape index (κ3) is 46.0. The Balaban J connectivity index is 3.85. The molecule has 0 aromatic carbocycles. The highest BCUT2D eigenvalue weighted by Gasteiger charge is 2.27. The number of allylic oxidation sites excluding steroid dienone is 10. The topological polar surface area (TPSA) is 149 Å². The Kier molecular flexibility index (Phi) is 45.9. The van der Waals surface area contributed by atoms with Gasteiger partial charge in [-0.05, 0) is 77.0 Å². The lowest BCUT2D eigenvalue weighted by atomic mass is 10.0. The van der Waals surface area contributed by atoms with Crippen LogP contribution in [0.3, 0.4) is 0 Å². The number of phosphoric ester groups is 1. The number of carbonyl (C=O) groups is 2. The van der Waals surface area contributed by atoms with Crippen molar-refractivity contribution in [1.29, 1.82) is 0 Å². The molecule has 0 fully saturated rings. The van der Waals surface area contributed by atoms with Crippen molar-refractivity contribution >= 4 is 19.8 Å². The van der Waals surface area contributed by atoms with Crippen LogP contribution in [0.1, 0.15) is 219 Å². The van der Waals surface area contributed by atoms with Gasteiger partial charge in [-0.25, -0.2) is 4.57 Å². The minimum absolute atomic E-state index is 0.179. The summed E-state index contributed by atoms with van der Waals surface area (Å²) in [4.78, 5) is 34.7. The fourth-order valence-electron chi connectivity index (χ4n) is 6.87. The van der Waals surface area contributed by atoms with Crippen LogP contribution in [0.2, 0.25) is 0 Å². The third-order valence-corrected chi connectivity index (χ3v) is 11.7. The number of hydrogen-bond acceptors (Lipinski definition) is 9. The number of unbranched alkanes of at least 4 members (excludes halogenated alkanes) is 23. The number of aliphatic hydroxyl groups is 2. The molecule has 0 radical (unpaired) electrons. The van der Waals surface area contributed by atoms with E-state index in [2.05, 4.69) is 74.6 Å². The molecule has 0 saturated heterocycles. The first-order chi connectivity index (χ1) is 30.8. The first-order valence-electron chi connectivity index (χ1n) is 25.2. The van der Waals surface area contributed by atoms with Crippen LogP contribution in [0.5, 0.6) is 0 Å². The second-order valence-corrected chi connectivity index (χ2v) is 18.2. The summed E-state index contributed by atoms with van der Waals surface area (Å²) in [5, 5.41) is 19.2. The van der Waals surface area contributed by atoms with Crippen LogP contribution in [0.25, 0.3) is 0 Å². The van der Waals surface area contributed by atoms with Gasteiger partial charge >= 0.3 is 19.8 Å². The zero-order valence-corrected chi connectivity index (χ0v) is 40.9. The van der Waals surface area contributed by atoms with Gasteiger partial charge in [0.05, 0.1) is 26.4 Å². The van der Waals surface area contributed by atoms with Crippen LogP contribution in [-0.4, -0.2) is 65.7 Å². The molecule has 0 rings (SSSR count). The van der Waals surface area contributed by atoms with Crippen molar-refractivity contribution in [2.75, 3.05) is 26.4 Å². The molecule has 0 saturated carbocycles. The van der Waals surface area contributed by atoms with E-state index in [1.165, 1.54) is 103 Å². The van der Waals surface area contributed by atoms with Gasteiger partial charge in [-0.15, -0.1) is 0 Å². The second-order valence-electron chi connectivity index (χ2n) is 16.8. The monoisotopic (exact) mass is 909 g/mol. The first-order valence-corrected chi connectivity index (χ1v) is 26.7. The minimum Gasteiger partial charge on any atom is -0.457 e. The molecule has 3 N–H and O–H groups in total. The Bertz CT molecular complexity index is 1230. The fourth-order valence-corrected chi connectivity index (χ4v) is 7.65. The smallest absolute Gasteiger partial charge is 0.457 e. The maximum atomic E-state index is 12.4. The van der Waals surface area contributed by atoms with Crippen molar-refractivity contribution in [2.45, 2.75) is 232 Å². The van der Waals surface area contributed by atoms with E-state index in [1.54, 1.807) is 0 Å². The summed E-state index contributed by atoms with van der Waals surface area (Å²) in [5.74, 6) is -1.03. The highest BCUT2D eigenvalue weighted by atomic mass is 31.2. The molecule has 366 valence electrons. The van der Waals surface area contributed by atoms with Crippen LogP contribution in [0, 0.1) is 0 Å². The van der Waals surface area contributed by atoms with Gasteiger partial charge in [-0.2, -0.15) is 0 Å². The highest BCUT2D eigenvalue weighted by Crippen LogP contribution is 2.43. The third-order valence-electron chi connectivity index (χ3n) is 10.7. The summed E-state index contributed by atoms with van der Waals surface area (Å²) in [7, 11) is -4.65. The van der Waals surface area contributed by atoms with Gasteiger partial charge < -0.3 is 24.6 Å². The van der Waals surface area contributed by atoms with Gasteiger partial charge in [0.1, 0.15) is 12.2 Å². The van der Waals surface area contributed by atoms with Crippen molar-refractivity contribution in [3.63, 3.8) is 0 Å². The Morgan fingerprint density at radius 2 is 0.746 bits per heavy atom. The normalized spacial score (nSPS) is 14.2. The lowest BCUT2D eigenvalue weighted by Crippen LogP contribution is -2.28. The molecule has 63 heavy (non-hydrogen) atoms. The van der Waals surface area contributed by atoms with Crippen molar-refractivity contribution in [2.24, 2.45) is 0 Å². The SMILES string of the molecule is CC/C=C\C/C=C\C/C=C\CCCCCCCCCC(=O)OC(CO)COP(=O)(O)OCC(CO)OC(=O)CCCCCCCCCCCCC/C=C\C/C=C\CCCCCCC. The molecule has 0 aromatic rings. The molecule has 3 atom stereocenters. The Hall–Kier alpha value is -2.33. The van der Waals surface area contributed by atoms with Crippen LogP contribution in [0.15, 0.2) is 60.8 Å². The van der Waals surface area contributed by atoms with Gasteiger partial charge in [-0.3, -0.25) is 18.6 Å². The highest BCUT2D eigenvalue weighted by molar-refractivity contribution is 7.47. The molecule has 0 bridgehead atoms. The molecular weight excluding hydrogens is 816 g/mol. The van der Waals surface area contributed by atoms with E-state index in [0.29, 0.717) is 12.8 Å². The second kappa shape index (κ2) is 47.6. The average molecular weight is 909 g/mol. The Morgan fingerprint density at radius 3 is 1.08 bits per heavy atom. The van der Waals surface area contributed by atoms with E-state index in [-0.39, 0.29) is 12.8 Å². The average Bonchev–Trinajstić information content (AvgIpc) is 3.27. The summed E-state index contributed by atoms with van der Waals surface area (Å²) in [6, 6.07) is 0. The molecule has 0 aliphatic heterocycles. The van der Waals surface area contributed by atoms with E-state index in [0.717, 1.165) is 77.0 Å². The predicted molar refractivity (Wildman–Crippen MR) is 260 cm³/mol. The number of hydrogen-bond donors (Lipinski definition) is 3. The van der Waals surface area contributed by atoms with E-state index in [1.807, 2.05) is 0 Å². The van der Waals surface area contributed by atoms with Gasteiger partial charge in [-0.1, -0.05) is 190 Å². The largest absolute Gasteiger partial charge is 0.472 e. The maximum absolute atomic E-state index is 12.4. The first kappa shape index (κ1) is 60.7. The van der Waals surface area contributed by atoms with E-state index >= 15 is 0 Å². The molecule has 0 amide bonds. The standard InChI is InChI=1S/C52H93O10P/c1-3-5-7-9-11-13-15-17-19-21-22-23-24-25-26-28-30-32-34-36-38-40-42-44-52(56)62-50(46-54)48-60-63(57,58)59-47-49(45-53)61-51(55)43-41-39-37-35-33-31-29-27-20-18-16-14-12-10-8-6-4-2/h6,8,12,14-15,17-18,20-22,49-50,53-54H,3-5,7,9-11,13,16,19,23-48H2,1-2H3,(H,57,58)/b8-6-,14-12-,17-15-,20-18-,22-21-. The predicted octanol–water partition coefficient (Wildman–Crippen LogP) is 14.2. The summed E-state index contributed by atoms with van der Waals surface area (Å²) in [6.45, 7) is 2.09. The quantitative estimate of drug-likeness (QED) is 0.0233. The van der Waals surface area contributed by atoms with Crippen LogP contribution < -0.4 is 0 Å². The van der Waals surface area contributed by atoms with Gasteiger partial charge in [0.2, 0.25) is 0 Å². The van der Waals surface area contributed by atoms with Gasteiger partial charge in [0.15, 0.2) is 0 Å². The zero-order chi connectivity index (χ0) is 46.2. The number of rotatable bonds is 47.